The van der Waals surface area contributed by atoms with E-state index in [1.807, 2.05) is 18.2 Å². The molecule has 0 unspecified atom stereocenters. The van der Waals surface area contributed by atoms with Crippen LogP contribution < -0.4 is 14.8 Å². The van der Waals surface area contributed by atoms with Crippen LogP contribution in [0.25, 0.3) is 0 Å². The molecule has 0 bridgehead atoms. The highest BCUT2D eigenvalue weighted by molar-refractivity contribution is 5.94. The van der Waals surface area contributed by atoms with E-state index >= 15 is 0 Å². The van der Waals surface area contributed by atoms with Crippen molar-refractivity contribution >= 4 is 5.91 Å². The van der Waals surface area contributed by atoms with E-state index in [0.29, 0.717) is 22.6 Å². The molecule has 1 N–H and O–H groups in total. The second kappa shape index (κ2) is 8.77. The van der Waals surface area contributed by atoms with Gasteiger partial charge >= 0.3 is 0 Å². The number of likely N-dealkylation sites (tertiary alicyclic amines) is 1. The van der Waals surface area contributed by atoms with E-state index in [-0.39, 0.29) is 17.9 Å². The Kier molecular flexibility index (Phi) is 6.17. The van der Waals surface area contributed by atoms with Crippen molar-refractivity contribution in [2.24, 2.45) is 0 Å². The Labute approximate surface area is 165 Å². The first kappa shape index (κ1) is 19.7. The molecule has 0 aliphatic carbocycles. The van der Waals surface area contributed by atoms with Crippen LogP contribution in [0.1, 0.15) is 33.8 Å². The van der Waals surface area contributed by atoms with Crippen molar-refractivity contribution in [3.05, 3.63) is 59.2 Å². The van der Waals surface area contributed by atoms with E-state index in [0.717, 1.165) is 25.1 Å². The Morgan fingerprint density at radius 1 is 1.14 bits per heavy atom. The Morgan fingerprint density at radius 3 is 2.50 bits per heavy atom. The van der Waals surface area contributed by atoms with Gasteiger partial charge < -0.3 is 19.7 Å². The number of piperidine rings is 1. The van der Waals surface area contributed by atoms with Gasteiger partial charge in [-0.15, -0.1) is 0 Å². The molecular formula is C22H25N3O3. The number of carbonyl (C=O) groups is 1. The zero-order valence-electron chi connectivity index (χ0n) is 16.4. The first-order chi connectivity index (χ1) is 13.5. The second-order valence-corrected chi connectivity index (χ2v) is 7.04. The van der Waals surface area contributed by atoms with Crippen molar-refractivity contribution in [3.8, 4) is 17.6 Å². The standard InChI is InChI=1S/C22H25N3O3/c1-25-11-10-19(24-22(26)16-6-4-15(13-23)5-7-16)18(14-25)17-8-9-20(27-2)21(12-17)28-3/h4-9,12,18-19H,10-11,14H2,1-3H3,(H,24,26)/t18-,19-/m1/s1. The largest absolute Gasteiger partial charge is 0.493 e. The van der Waals surface area contributed by atoms with Gasteiger partial charge in [0, 0.05) is 24.1 Å². The first-order valence-electron chi connectivity index (χ1n) is 9.27. The lowest BCUT2D eigenvalue weighted by atomic mass is 9.85. The average Bonchev–Trinajstić information content (AvgIpc) is 2.74. The molecule has 2 aromatic rings. The van der Waals surface area contributed by atoms with E-state index < -0.39 is 0 Å². The van der Waals surface area contributed by atoms with Gasteiger partial charge in [0.05, 0.1) is 25.9 Å². The van der Waals surface area contributed by atoms with Crippen LogP contribution in [0.3, 0.4) is 0 Å². The number of ether oxygens (including phenoxy) is 2. The van der Waals surface area contributed by atoms with Crippen molar-refractivity contribution in [2.75, 3.05) is 34.4 Å². The normalized spacial score (nSPS) is 19.5. The Hall–Kier alpha value is -3.04. The maximum absolute atomic E-state index is 12.7. The summed E-state index contributed by atoms with van der Waals surface area (Å²) in [5.41, 5.74) is 2.21. The highest BCUT2D eigenvalue weighted by atomic mass is 16.5. The van der Waals surface area contributed by atoms with Crippen LogP contribution in [0, 0.1) is 11.3 Å². The van der Waals surface area contributed by atoms with Crippen molar-refractivity contribution in [3.63, 3.8) is 0 Å². The fraction of sp³-hybridized carbons (Fsp3) is 0.364. The number of nitriles is 1. The number of hydrogen-bond donors (Lipinski definition) is 1. The van der Waals surface area contributed by atoms with Crippen LogP contribution in [-0.2, 0) is 0 Å². The second-order valence-electron chi connectivity index (χ2n) is 7.04. The Balaban J connectivity index is 1.82. The molecular weight excluding hydrogens is 354 g/mol. The van der Waals surface area contributed by atoms with E-state index in [9.17, 15) is 4.79 Å². The summed E-state index contributed by atoms with van der Waals surface area (Å²) in [7, 11) is 5.33. The third kappa shape index (κ3) is 4.26. The molecule has 6 nitrogen and oxygen atoms in total. The molecule has 1 saturated heterocycles. The molecule has 1 amide bonds. The number of nitrogens with zero attached hydrogens (tertiary/aromatic N) is 2. The van der Waals surface area contributed by atoms with Gasteiger partial charge in [0.25, 0.3) is 5.91 Å². The molecule has 1 heterocycles. The number of hydrogen-bond acceptors (Lipinski definition) is 5. The third-order valence-electron chi connectivity index (χ3n) is 5.24. The molecule has 0 spiro atoms. The summed E-state index contributed by atoms with van der Waals surface area (Å²) >= 11 is 0. The van der Waals surface area contributed by atoms with E-state index in [2.05, 4.69) is 23.3 Å². The summed E-state index contributed by atoms with van der Waals surface area (Å²) < 4.78 is 10.8. The van der Waals surface area contributed by atoms with Crippen molar-refractivity contribution in [2.45, 2.75) is 18.4 Å². The summed E-state index contributed by atoms with van der Waals surface area (Å²) in [6, 6.07) is 14.7. The molecule has 2 atom stereocenters. The van der Waals surface area contributed by atoms with Gasteiger partial charge in [-0.25, -0.2) is 0 Å². The van der Waals surface area contributed by atoms with Crippen molar-refractivity contribution in [1.29, 1.82) is 5.26 Å². The van der Waals surface area contributed by atoms with Crippen LogP contribution in [-0.4, -0.2) is 51.2 Å². The minimum Gasteiger partial charge on any atom is -0.493 e. The molecule has 3 rings (SSSR count). The van der Waals surface area contributed by atoms with Crippen molar-refractivity contribution < 1.29 is 14.3 Å². The molecule has 0 aromatic heterocycles. The lowest BCUT2D eigenvalue weighted by Gasteiger charge is -2.37. The van der Waals surface area contributed by atoms with Gasteiger partial charge in [-0.3, -0.25) is 4.79 Å². The minimum absolute atomic E-state index is 0.0115. The smallest absolute Gasteiger partial charge is 0.251 e. The zero-order valence-corrected chi connectivity index (χ0v) is 16.4. The molecule has 1 aliphatic rings. The molecule has 6 heteroatoms. The summed E-state index contributed by atoms with van der Waals surface area (Å²) in [4.78, 5) is 15.0. The third-order valence-corrected chi connectivity index (χ3v) is 5.24. The van der Waals surface area contributed by atoms with Gasteiger partial charge in [-0.1, -0.05) is 6.07 Å². The summed E-state index contributed by atoms with van der Waals surface area (Å²) in [5, 5.41) is 12.1. The zero-order chi connectivity index (χ0) is 20.1. The molecule has 0 saturated carbocycles. The Bertz CT molecular complexity index is 874. The van der Waals surface area contributed by atoms with E-state index in [1.165, 1.54) is 0 Å². The maximum Gasteiger partial charge on any atom is 0.251 e. The van der Waals surface area contributed by atoms with E-state index in [1.54, 1.807) is 38.5 Å². The fourth-order valence-electron chi connectivity index (χ4n) is 3.66. The van der Waals surface area contributed by atoms with Crippen LogP contribution in [0.4, 0.5) is 0 Å². The van der Waals surface area contributed by atoms with Crippen LogP contribution in [0.5, 0.6) is 11.5 Å². The minimum atomic E-state index is -0.121. The molecule has 2 aromatic carbocycles. The van der Waals surface area contributed by atoms with Crippen LogP contribution >= 0.6 is 0 Å². The highest BCUT2D eigenvalue weighted by Crippen LogP contribution is 2.34. The number of likely N-dealkylation sites (N-methyl/N-ethyl adjacent to an activating group) is 1. The Morgan fingerprint density at radius 2 is 1.86 bits per heavy atom. The summed E-state index contributed by atoms with van der Waals surface area (Å²) in [6.07, 6.45) is 0.859. The van der Waals surface area contributed by atoms with Gasteiger partial charge in [0.2, 0.25) is 0 Å². The van der Waals surface area contributed by atoms with Gasteiger partial charge in [-0.2, -0.15) is 5.26 Å². The lowest BCUT2D eigenvalue weighted by molar-refractivity contribution is 0.0904. The van der Waals surface area contributed by atoms with Gasteiger partial charge in [0.1, 0.15) is 0 Å². The molecule has 146 valence electrons. The molecule has 1 fully saturated rings. The summed E-state index contributed by atoms with van der Waals surface area (Å²) in [5.74, 6) is 1.39. The fourth-order valence-corrected chi connectivity index (χ4v) is 3.66. The number of methoxy groups -OCH3 is 2. The number of benzene rings is 2. The number of rotatable bonds is 5. The lowest BCUT2D eigenvalue weighted by Crippen LogP contribution is -2.48. The summed E-state index contributed by atoms with van der Waals surface area (Å²) in [6.45, 7) is 1.76. The van der Waals surface area contributed by atoms with Crippen LogP contribution in [0.2, 0.25) is 0 Å². The average molecular weight is 379 g/mol. The number of amides is 1. The quantitative estimate of drug-likeness (QED) is 0.865. The SMILES string of the molecule is COc1ccc([C@H]2CN(C)CC[C@H]2NC(=O)c2ccc(C#N)cc2)cc1OC. The number of nitrogens with one attached hydrogen (secondary N) is 1. The monoisotopic (exact) mass is 379 g/mol. The van der Waals surface area contributed by atoms with Crippen LogP contribution in [0.15, 0.2) is 42.5 Å². The van der Waals surface area contributed by atoms with E-state index in [4.69, 9.17) is 14.7 Å². The maximum atomic E-state index is 12.7. The molecule has 1 aliphatic heterocycles. The van der Waals surface area contributed by atoms with Gasteiger partial charge in [-0.05, 0) is 62.0 Å². The first-order valence-corrected chi connectivity index (χ1v) is 9.27. The molecule has 0 radical (unpaired) electrons. The topological polar surface area (TPSA) is 74.6 Å². The van der Waals surface area contributed by atoms with Crippen molar-refractivity contribution in [1.82, 2.24) is 10.2 Å². The highest BCUT2D eigenvalue weighted by Gasteiger charge is 2.31. The predicted molar refractivity (Wildman–Crippen MR) is 107 cm³/mol. The van der Waals surface area contributed by atoms with Gasteiger partial charge in [0.15, 0.2) is 11.5 Å². The predicted octanol–water partition coefficient (Wildman–Crippen LogP) is 2.79. The molecule has 28 heavy (non-hydrogen) atoms. The number of carbonyl (C=O) groups excluding carboxylic acids is 1.